The molecule has 0 atom stereocenters. The quantitative estimate of drug-likeness (QED) is 0.532. The van der Waals surface area contributed by atoms with Gasteiger partial charge in [0.1, 0.15) is 0 Å². The van der Waals surface area contributed by atoms with E-state index in [0.29, 0.717) is 0 Å². The maximum absolute atomic E-state index is 10.1. The van der Waals surface area contributed by atoms with E-state index in [9.17, 15) is 19.8 Å². The van der Waals surface area contributed by atoms with Crippen molar-refractivity contribution < 1.29 is 19.8 Å². The molecule has 0 unspecified atom stereocenters. The maximum Gasteiger partial charge on any atom is 2.00 e. The van der Waals surface area contributed by atoms with Gasteiger partial charge in [0.25, 0.3) is 0 Å². The maximum atomic E-state index is 10.1. The van der Waals surface area contributed by atoms with Crippen LogP contribution in [0.3, 0.4) is 0 Å². The summed E-state index contributed by atoms with van der Waals surface area (Å²) in [5.74, 6) is -2.48. The van der Waals surface area contributed by atoms with Crippen molar-refractivity contribution >= 4 is 57.4 Å². The fourth-order valence-corrected chi connectivity index (χ4v) is 0.844. The molecule has 0 heterocycles. The van der Waals surface area contributed by atoms with Crippen LogP contribution in [0.2, 0.25) is 0 Å². The second kappa shape index (κ2) is 5.96. The number of hydrogen-bond acceptors (Lipinski definition) is 4. The van der Waals surface area contributed by atoms with E-state index in [2.05, 4.69) is 0 Å². The molecule has 0 aliphatic rings. The van der Waals surface area contributed by atoms with E-state index in [1.165, 1.54) is 0 Å². The first-order valence-electron chi connectivity index (χ1n) is 3.23. The van der Waals surface area contributed by atoms with E-state index in [0.717, 1.165) is 0 Å². The number of aliphatic carboxylic acids is 2. The number of carboxylic acids is 2. The third-order valence-electron chi connectivity index (χ3n) is 1.25. The molecule has 0 bridgehead atoms. The van der Waals surface area contributed by atoms with E-state index >= 15 is 0 Å². The molecule has 0 aromatic carbocycles. The van der Waals surface area contributed by atoms with Gasteiger partial charge in [0.15, 0.2) is 0 Å². The molecule has 64 valence electrons. The van der Waals surface area contributed by atoms with E-state index in [1.54, 1.807) is 13.8 Å². The van der Waals surface area contributed by atoms with Gasteiger partial charge >= 0.3 is 45.5 Å². The summed E-state index contributed by atoms with van der Waals surface area (Å²) in [6.07, 6.45) is -0.526. The Labute approximate surface area is 108 Å². The Morgan fingerprint density at radius 1 is 1.08 bits per heavy atom. The predicted molar refractivity (Wildman–Crippen MR) is 38.8 cm³/mol. The largest absolute Gasteiger partial charge is 2.00 e. The van der Waals surface area contributed by atoms with Crippen molar-refractivity contribution in [2.24, 2.45) is 5.41 Å². The molecule has 0 fully saturated rings. The Hall–Kier alpha value is 0.421. The SMILES string of the molecule is CC(C)(CC(=O)[O-])CC(=O)[O-].[Sr+2]. The number of carbonyl (C=O) groups is 2. The zero-order valence-corrected chi connectivity index (χ0v) is 10.7. The third-order valence-corrected chi connectivity index (χ3v) is 1.25. The minimum Gasteiger partial charge on any atom is -0.550 e. The zero-order chi connectivity index (χ0) is 9.07. The van der Waals surface area contributed by atoms with Crippen molar-refractivity contribution in [1.82, 2.24) is 0 Å². The first-order chi connectivity index (χ1) is 4.83. The average Bonchev–Trinajstić information content (AvgIpc) is 1.53. The summed E-state index contributed by atoms with van der Waals surface area (Å²) < 4.78 is 0. The minimum absolute atomic E-state index is 0. The summed E-state index contributed by atoms with van der Waals surface area (Å²) in [6.45, 7) is 3.08. The summed E-state index contributed by atoms with van der Waals surface area (Å²) in [5.41, 5.74) is -0.780. The Balaban J connectivity index is 0. The Bertz CT molecular complexity index is 158. The molecule has 5 heteroatoms. The smallest absolute Gasteiger partial charge is 0.550 e. The number of carboxylic acid groups (broad SMARTS) is 2. The molecule has 0 rings (SSSR count). The average molecular weight is 246 g/mol. The van der Waals surface area contributed by atoms with Crippen LogP contribution < -0.4 is 10.2 Å². The predicted octanol–water partition coefficient (Wildman–Crippen LogP) is -2.09. The van der Waals surface area contributed by atoms with Gasteiger partial charge in [0.05, 0.1) is 0 Å². The van der Waals surface area contributed by atoms with Crippen molar-refractivity contribution in [3.05, 3.63) is 0 Å². The molecule has 0 saturated carbocycles. The van der Waals surface area contributed by atoms with Gasteiger partial charge in [-0.05, 0) is 18.3 Å². The topological polar surface area (TPSA) is 80.3 Å². The summed E-state index contributed by atoms with van der Waals surface area (Å²) in [7, 11) is 0. The van der Waals surface area contributed by atoms with Crippen molar-refractivity contribution in [3.63, 3.8) is 0 Å². The monoisotopic (exact) mass is 246 g/mol. The molecule has 0 radical (unpaired) electrons. The molecule has 0 amide bonds. The molecule has 0 aromatic heterocycles. The summed E-state index contributed by atoms with van der Waals surface area (Å²) in [6, 6.07) is 0. The van der Waals surface area contributed by atoms with Gasteiger partial charge in [0, 0.05) is 11.9 Å². The minimum atomic E-state index is -1.24. The number of carbonyl (C=O) groups excluding carboxylic acids is 2. The molecule has 0 aliphatic heterocycles. The van der Waals surface area contributed by atoms with Gasteiger partial charge in [-0.3, -0.25) is 0 Å². The molecule has 4 nitrogen and oxygen atoms in total. The van der Waals surface area contributed by atoms with Crippen LogP contribution in [0, 0.1) is 5.41 Å². The van der Waals surface area contributed by atoms with Crippen molar-refractivity contribution in [1.29, 1.82) is 0 Å². The van der Waals surface area contributed by atoms with Gasteiger partial charge in [-0.1, -0.05) is 13.8 Å². The fraction of sp³-hybridized carbons (Fsp3) is 0.714. The molecular formula is C7H10O4Sr. The van der Waals surface area contributed by atoms with Crippen LogP contribution in [-0.2, 0) is 9.59 Å². The van der Waals surface area contributed by atoms with E-state index < -0.39 is 17.4 Å². The molecule has 0 spiro atoms. The third kappa shape index (κ3) is 8.52. The Morgan fingerprint density at radius 2 is 1.33 bits per heavy atom. The molecule has 0 aromatic rings. The number of rotatable bonds is 4. The van der Waals surface area contributed by atoms with Crippen LogP contribution in [0.25, 0.3) is 0 Å². The van der Waals surface area contributed by atoms with Crippen LogP contribution in [0.4, 0.5) is 0 Å². The fourth-order valence-electron chi connectivity index (χ4n) is 0.844. The van der Waals surface area contributed by atoms with Crippen LogP contribution in [0.1, 0.15) is 26.7 Å². The van der Waals surface area contributed by atoms with Crippen molar-refractivity contribution in [3.8, 4) is 0 Å². The Morgan fingerprint density at radius 3 is 1.50 bits per heavy atom. The molecule has 0 N–H and O–H groups in total. The normalized spacial score (nSPS) is 10.2. The molecule has 0 aliphatic carbocycles. The van der Waals surface area contributed by atoms with Gasteiger partial charge in [-0.25, -0.2) is 0 Å². The van der Waals surface area contributed by atoms with E-state index in [-0.39, 0.29) is 58.3 Å². The first-order valence-corrected chi connectivity index (χ1v) is 3.23. The van der Waals surface area contributed by atoms with Crippen molar-refractivity contribution in [2.45, 2.75) is 26.7 Å². The molecule has 12 heavy (non-hydrogen) atoms. The van der Waals surface area contributed by atoms with Crippen LogP contribution in [0.5, 0.6) is 0 Å². The van der Waals surface area contributed by atoms with E-state index in [4.69, 9.17) is 0 Å². The van der Waals surface area contributed by atoms with Crippen molar-refractivity contribution in [2.75, 3.05) is 0 Å². The van der Waals surface area contributed by atoms with Gasteiger partial charge in [-0.15, -0.1) is 0 Å². The summed E-state index contributed by atoms with van der Waals surface area (Å²) in [5, 5.41) is 20.1. The Kier molecular flexibility index (Phi) is 7.41. The van der Waals surface area contributed by atoms with Crippen LogP contribution in [0.15, 0.2) is 0 Å². The first kappa shape index (κ1) is 14.9. The van der Waals surface area contributed by atoms with E-state index in [1.807, 2.05) is 0 Å². The van der Waals surface area contributed by atoms with Gasteiger partial charge < -0.3 is 19.8 Å². The van der Waals surface area contributed by atoms with Crippen LogP contribution in [-0.4, -0.2) is 57.4 Å². The van der Waals surface area contributed by atoms with Crippen LogP contribution >= 0.6 is 0 Å². The van der Waals surface area contributed by atoms with Gasteiger partial charge in [0.2, 0.25) is 0 Å². The molecule has 0 saturated heterocycles. The zero-order valence-electron chi connectivity index (χ0n) is 7.25. The standard InChI is InChI=1S/C7H12O4.Sr/c1-7(2,3-5(8)9)4-6(10)11;/h3-4H2,1-2H3,(H,8,9)(H,10,11);/q;+2/p-2. The second-order valence-electron chi connectivity index (χ2n) is 3.26. The summed E-state index contributed by atoms with van der Waals surface area (Å²) >= 11 is 0. The van der Waals surface area contributed by atoms with Gasteiger partial charge in [-0.2, -0.15) is 0 Å². The number of hydrogen-bond donors (Lipinski definition) is 0. The molecular weight excluding hydrogens is 236 g/mol. The second-order valence-corrected chi connectivity index (χ2v) is 3.26. The summed E-state index contributed by atoms with van der Waals surface area (Å²) in [4.78, 5) is 20.1.